The molecule has 0 saturated carbocycles. The molecule has 12 heavy (non-hydrogen) atoms. The minimum atomic E-state index is -0.501. The lowest BCUT2D eigenvalue weighted by Gasteiger charge is -2.05. The van der Waals surface area contributed by atoms with E-state index in [2.05, 4.69) is 6.92 Å². The zero-order valence-corrected chi connectivity index (χ0v) is 7.41. The lowest BCUT2D eigenvalue weighted by atomic mass is 10.1. The molecule has 0 aromatic heterocycles. The van der Waals surface area contributed by atoms with E-state index in [4.69, 9.17) is 14.5 Å². The normalized spacial score (nSPS) is 28.8. The van der Waals surface area contributed by atoms with Gasteiger partial charge >= 0.3 is 5.97 Å². The standard InChI is InChI=1S/C8H14O4/c1-3-4-7-5-8(12-11-7)10-6(2)9/h7-8H,3-5H2,1-2H3. The molecule has 0 radical (unpaired) electrons. The Morgan fingerprint density at radius 2 is 2.33 bits per heavy atom. The molecule has 0 N–H and O–H groups in total. The number of rotatable bonds is 3. The molecule has 0 aromatic rings. The molecule has 70 valence electrons. The Balaban J connectivity index is 2.21. The molecule has 0 aromatic carbocycles. The van der Waals surface area contributed by atoms with Gasteiger partial charge in [-0.2, -0.15) is 4.89 Å². The summed E-state index contributed by atoms with van der Waals surface area (Å²) >= 11 is 0. The molecule has 0 aliphatic carbocycles. The Hall–Kier alpha value is -0.610. The molecule has 4 nitrogen and oxygen atoms in total. The SMILES string of the molecule is CCCC1CC(OC(C)=O)OO1. The maximum Gasteiger partial charge on any atom is 0.305 e. The van der Waals surface area contributed by atoms with Gasteiger partial charge in [-0.25, -0.2) is 4.89 Å². The van der Waals surface area contributed by atoms with Gasteiger partial charge in [0.05, 0.1) is 6.10 Å². The van der Waals surface area contributed by atoms with Crippen molar-refractivity contribution in [2.45, 2.75) is 45.5 Å². The van der Waals surface area contributed by atoms with Crippen molar-refractivity contribution in [3.63, 3.8) is 0 Å². The first-order chi connectivity index (χ1) is 5.72. The second-order valence-electron chi connectivity index (χ2n) is 2.88. The molecule has 1 heterocycles. The van der Waals surface area contributed by atoms with E-state index in [1.165, 1.54) is 6.92 Å². The molecule has 1 aliphatic heterocycles. The highest BCUT2D eigenvalue weighted by Gasteiger charge is 2.28. The van der Waals surface area contributed by atoms with E-state index in [1.54, 1.807) is 0 Å². The van der Waals surface area contributed by atoms with Gasteiger partial charge in [0.1, 0.15) is 0 Å². The molecule has 0 bridgehead atoms. The molecule has 2 unspecified atom stereocenters. The number of hydrogen-bond donors (Lipinski definition) is 0. The van der Waals surface area contributed by atoms with Gasteiger partial charge in [0.25, 0.3) is 0 Å². The van der Waals surface area contributed by atoms with Crippen LogP contribution >= 0.6 is 0 Å². The molecule has 1 fully saturated rings. The van der Waals surface area contributed by atoms with E-state index in [0.717, 1.165) is 12.8 Å². The molecule has 0 amide bonds. The first kappa shape index (κ1) is 9.48. The molecule has 1 aliphatic rings. The van der Waals surface area contributed by atoms with Crippen molar-refractivity contribution in [3.05, 3.63) is 0 Å². The van der Waals surface area contributed by atoms with E-state index < -0.39 is 6.29 Å². The zero-order chi connectivity index (χ0) is 8.97. The van der Waals surface area contributed by atoms with Crippen molar-refractivity contribution >= 4 is 5.97 Å². The number of ether oxygens (including phenoxy) is 1. The monoisotopic (exact) mass is 174 g/mol. The average Bonchev–Trinajstić information content (AvgIpc) is 2.36. The van der Waals surface area contributed by atoms with Crippen LogP contribution in [0.25, 0.3) is 0 Å². The molecular formula is C8H14O4. The predicted octanol–water partition coefficient (Wildman–Crippen LogP) is 1.40. The van der Waals surface area contributed by atoms with Crippen molar-refractivity contribution in [1.29, 1.82) is 0 Å². The highest BCUT2D eigenvalue weighted by Crippen LogP contribution is 2.21. The van der Waals surface area contributed by atoms with Crippen LogP contribution in [0.15, 0.2) is 0 Å². The van der Waals surface area contributed by atoms with E-state index in [-0.39, 0.29) is 12.1 Å². The van der Waals surface area contributed by atoms with Crippen LogP contribution in [0.3, 0.4) is 0 Å². The number of hydrogen-bond acceptors (Lipinski definition) is 4. The first-order valence-corrected chi connectivity index (χ1v) is 4.21. The van der Waals surface area contributed by atoms with Crippen LogP contribution in [0.4, 0.5) is 0 Å². The number of carbonyl (C=O) groups excluding carboxylic acids is 1. The van der Waals surface area contributed by atoms with Crippen molar-refractivity contribution in [2.75, 3.05) is 0 Å². The topological polar surface area (TPSA) is 44.8 Å². The maximum absolute atomic E-state index is 10.5. The average molecular weight is 174 g/mol. The van der Waals surface area contributed by atoms with E-state index >= 15 is 0 Å². The zero-order valence-electron chi connectivity index (χ0n) is 7.41. The highest BCUT2D eigenvalue weighted by molar-refractivity contribution is 5.66. The van der Waals surface area contributed by atoms with Gasteiger partial charge in [-0.3, -0.25) is 4.79 Å². The van der Waals surface area contributed by atoms with Gasteiger partial charge in [-0.1, -0.05) is 13.3 Å². The van der Waals surface area contributed by atoms with Crippen LogP contribution in [0.1, 0.15) is 33.1 Å². The number of carbonyl (C=O) groups is 1. The summed E-state index contributed by atoms with van der Waals surface area (Å²) in [5.74, 6) is -0.333. The lowest BCUT2D eigenvalue weighted by molar-refractivity contribution is -0.335. The molecular weight excluding hydrogens is 160 g/mol. The molecule has 4 heteroatoms. The van der Waals surface area contributed by atoms with Crippen LogP contribution in [-0.4, -0.2) is 18.4 Å². The summed E-state index contributed by atoms with van der Waals surface area (Å²) in [4.78, 5) is 20.2. The highest BCUT2D eigenvalue weighted by atomic mass is 17.2. The van der Waals surface area contributed by atoms with Crippen LogP contribution in [0.2, 0.25) is 0 Å². The summed E-state index contributed by atoms with van der Waals surface area (Å²) in [5.41, 5.74) is 0. The van der Waals surface area contributed by atoms with Gasteiger partial charge in [0.15, 0.2) is 0 Å². The Morgan fingerprint density at radius 1 is 1.58 bits per heavy atom. The van der Waals surface area contributed by atoms with Crippen LogP contribution < -0.4 is 0 Å². The Bertz CT molecular complexity index is 157. The summed E-state index contributed by atoms with van der Waals surface area (Å²) in [7, 11) is 0. The minimum absolute atomic E-state index is 0.0827. The Labute approximate surface area is 71.7 Å². The van der Waals surface area contributed by atoms with Gasteiger partial charge in [-0.15, -0.1) is 0 Å². The third kappa shape index (κ3) is 2.79. The summed E-state index contributed by atoms with van der Waals surface area (Å²) in [5, 5.41) is 0. The molecule has 1 rings (SSSR count). The van der Waals surface area contributed by atoms with Crippen LogP contribution in [-0.2, 0) is 19.3 Å². The quantitative estimate of drug-likeness (QED) is 0.479. The Morgan fingerprint density at radius 3 is 2.92 bits per heavy atom. The van der Waals surface area contributed by atoms with Gasteiger partial charge < -0.3 is 4.74 Å². The van der Waals surface area contributed by atoms with Gasteiger partial charge in [0, 0.05) is 13.3 Å². The first-order valence-electron chi connectivity index (χ1n) is 4.21. The van der Waals surface area contributed by atoms with Crippen molar-refractivity contribution in [3.8, 4) is 0 Å². The Kier molecular flexibility index (Phi) is 3.49. The van der Waals surface area contributed by atoms with Crippen molar-refractivity contribution in [2.24, 2.45) is 0 Å². The van der Waals surface area contributed by atoms with E-state index in [0.29, 0.717) is 6.42 Å². The largest absolute Gasteiger partial charge is 0.433 e. The van der Waals surface area contributed by atoms with Crippen molar-refractivity contribution < 1.29 is 19.3 Å². The summed E-state index contributed by atoms with van der Waals surface area (Å²) in [6.07, 6.45) is 2.21. The fraction of sp³-hybridized carbons (Fsp3) is 0.875. The number of esters is 1. The smallest absolute Gasteiger partial charge is 0.305 e. The molecule has 2 atom stereocenters. The van der Waals surface area contributed by atoms with E-state index in [1.807, 2.05) is 0 Å². The van der Waals surface area contributed by atoms with Gasteiger partial charge in [0.2, 0.25) is 6.29 Å². The van der Waals surface area contributed by atoms with Crippen LogP contribution in [0, 0.1) is 0 Å². The minimum Gasteiger partial charge on any atom is -0.433 e. The maximum atomic E-state index is 10.5. The third-order valence-electron chi connectivity index (χ3n) is 1.66. The van der Waals surface area contributed by atoms with Crippen LogP contribution in [0.5, 0.6) is 0 Å². The fourth-order valence-corrected chi connectivity index (χ4v) is 1.17. The van der Waals surface area contributed by atoms with Crippen molar-refractivity contribution in [1.82, 2.24) is 0 Å². The summed E-state index contributed by atoms with van der Waals surface area (Å²) in [6.45, 7) is 3.43. The summed E-state index contributed by atoms with van der Waals surface area (Å²) < 4.78 is 4.80. The fourth-order valence-electron chi connectivity index (χ4n) is 1.17. The summed E-state index contributed by atoms with van der Waals surface area (Å²) in [6, 6.07) is 0. The van der Waals surface area contributed by atoms with Gasteiger partial charge in [-0.05, 0) is 6.42 Å². The third-order valence-corrected chi connectivity index (χ3v) is 1.66. The van der Waals surface area contributed by atoms with E-state index in [9.17, 15) is 4.79 Å². The second-order valence-corrected chi connectivity index (χ2v) is 2.88. The second kappa shape index (κ2) is 4.42. The lowest BCUT2D eigenvalue weighted by Crippen LogP contribution is -2.14. The molecule has 1 saturated heterocycles. The molecule has 0 spiro atoms. The predicted molar refractivity (Wildman–Crippen MR) is 41.0 cm³/mol.